The molecule has 0 amide bonds. The maximum Gasteiger partial charge on any atom is 0.302 e. The van der Waals surface area contributed by atoms with Crippen molar-refractivity contribution < 1.29 is 23.5 Å². The van der Waals surface area contributed by atoms with Crippen LogP contribution in [0.3, 0.4) is 0 Å². The summed E-state index contributed by atoms with van der Waals surface area (Å²) in [4.78, 5) is 33.1. The van der Waals surface area contributed by atoms with Gasteiger partial charge in [-0.25, -0.2) is 4.39 Å². The molecule has 5 nitrogen and oxygen atoms in total. The van der Waals surface area contributed by atoms with Crippen molar-refractivity contribution in [3.8, 4) is 0 Å². The van der Waals surface area contributed by atoms with Crippen LogP contribution < -0.4 is 4.90 Å². The van der Waals surface area contributed by atoms with Gasteiger partial charge in [0.2, 0.25) is 0 Å². The lowest BCUT2D eigenvalue weighted by Gasteiger charge is -2.19. The van der Waals surface area contributed by atoms with Crippen molar-refractivity contribution in [1.82, 2.24) is 0 Å². The summed E-state index contributed by atoms with van der Waals surface area (Å²) >= 11 is 0. The van der Waals surface area contributed by atoms with Crippen LogP contribution in [0.25, 0.3) is 0 Å². The largest absolute Gasteiger partial charge is 0.466 e. The van der Waals surface area contributed by atoms with Gasteiger partial charge in [-0.1, -0.05) is 27.0 Å². The predicted molar refractivity (Wildman–Crippen MR) is 130 cm³/mol. The summed E-state index contributed by atoms with van der Waals surface area (Å²) in [6.45, 7) is 9.67. The first-order chi connectivity index (χ1) is 14.3. The highest BCUT2D eigenvalue weighted by Crippen LogP contribution is 2.24. The van der Waals surface area contributed by atoms with E-state index in [-0.39, 0.29) is 26.4 Å². The Labute approximate surface area is 192 Å². The lowest BCUT2D eigenvalue weighted by molar-refractivity contribution is -0.140. The Morgan fingerprint density at radius 2 is 1.47 bits per heavy atom. The molecule has 0 unspecified atom stereocenters. The van der Waals surface area contributed by atoms with Gasteiger partial charge in [0.25, 0.3) is 0 Å². The summed E-state index contributed by atoms with van der Waals surface area (Å²) in [5.41, 5.74) is 4.08. The molecule has 178 valence electrons. The van der Waals surface area contributed by atoms with Crippen molar-refractivity contribution in [2.24, 2.45) is 0 Å². The van der Waals surface area contributed by atoms with E-state index in [4.69, 9.17) is 0 Å². The summed E-state index contributed by atoms with van der Waals surface area (Å²) in [6, 6.07) is 10.5. The Balaban J connectivity index is 0. The Kier molecular flexibility index (Phi) is 16.2. The highest BCUT2D eigenvalue weighted by Gasteiger charge is 2.15. The molecule has 1 aliphatic heterocycles. The van der Waals surface area contributed by atoms with Crippen LogP contribution in [0.15, 0.2) is 36.4 Å². The van der Waals surface area contributed by atoms with Gasteiger partial charge in [-0.05, 0) is 69.0 Å². The van der Waals surface area contributed by atoms with Gasteiger partial charge in [-0.3, -0.25) is 14.4 Å². The first kappa shape index (κ1) is 31.2. The van der Waals surface area contributed by atoms with Crippen LogP contribution in [0.1, 0.15) is 73.4 Å². The molecule has 0 N–H and O–H groups in total. The molecule has 0 radical (unpaired) electrons. The molecule has 0 bridgehead atoms. The highest BCUT2D eigenvalue weighted by molar-refractivity contribution is 5.85. The van der Waals surface area contributed by atoms with Crippen molar-refractivity contribution in [3.05, 3.63) is 64.5 Å². The molecule has 1 aliphatic rings. The number of hydrogen-bond acceptors (Lipinski definition) is 5. The SMILES string of the molecule is C.C.CCOC(C)=O.Cc1ccc(C=O)c(F)c1.Cc1ccc(C=O)c(N2CCCC2)c1. The molecule has 2 aromatic carbocycles. The molecular weight excluding hydrogens is 409 g/mol. The smallest absolute Gasteiger partial charge is 0.302 e. The lowest BCUT2D eigenvalue weighted by Crippen LogP contribution is -2.19. The number of ether oxygens (including phenoxy) is 1. The van der Waals surface area contributed by atoms with Crippen molar-refractivity contribution in [2.75, 3.05) is 24.6 Å². The first-order valence-corrected chi connectivity index (χ1v) is 9.97. The van der Waals surface area contributed by atoms with Gasteiger partial charge in [-0.15, -0.1) is 0 Å². The Morgan fingerprint density at radius 3 is 1.88 bits per heavy atom. The number of hydrogen-bond donors (Lipinski definition) is 0. The molecule has 1 fully saturated rings. The van der Waals surface area contributed by atoms with Crippen LogP contribution in [-0.4, -0.2) is 38.2 Å². The van der Waals surface area contributed by atoms with Crippen molar-refractivity contribution in [2.45, 2.75) is 55.4 Å². The Morgan fingerprint density at radius 1 is 0.969 bits per heavy atom. The van der Waals surface area contributed by atoms with Gasteiger partial charge in [0.15, 0.2) is 12.6 Å². The maximum absolute atomic E-state index is 12.6. The van der Waals surface area contributed by atoms with E-state index in [9.17, 15) is 18.8 Å². The molecule has 6 heteroatoms. The normalized spacial score (nSPS) is 11.3. The number of carbonyl (C=O) groups excluding carboxylic acids is 3. The van der Waals surface area contributed by atoms with Crippen molar-refractivity contribution in [3.63, 3.8) is 0 Å². The van der Waals surface area contributed by atoms with Crippen LogP contribution in [-0.2, 0) is 9.53 Å². The van der Waals surface area contributed by atoms with Crippen LogP contribution in [0.5, 0.6) is 0 Å². The third kappa shape index (κ3) is 10.8. The van der Waals surface area contributed by atoms with Gasteiger partial charge in [0, 0.05) is 31.3 Å². The van der Waals surface area contributed by atoms with Gasteiger partial charge in [0.05, 0.1) is 12.2 Å². The number of benzene rings is 2. The molecule has 1 saturated heterocycles. The van der Waals surface area contributed by atoms with Gasteiger partial charge in [0.1, 0.15) is 5.82 Å². The van der Waals surface area contributed by atoms with Gasteiger partial charge >= 0.3 is 5.97 Å². The van der Waals surface area contributed by atoms with E-state index < -0.39 is 5.82 Å². The second-order valence-electron chi connectivity index (χ2n) is 6.94. The lowest BCUT2D eigenvalue weighted by atomic mass is 10.1. The fourth-order valence-electron chi connectivity index (χ4n) is 2.92. The highest BCUT2D eigenvalue weighted by atomic mass is 19.1. The number of aldehydes is 2. The van der Waals surface area contributed by atoms with Crippen LogP contribution in [0.2, 0.25) is 0 Å². The van der Waals surface area contributed by atoms with E-state index in [1.807, 2.05) is 12.1 Å². The number of anilines is 1. The average molecular weight is 448 g/mol. The van der Waals surface area contributed by atoms with Crippen LogP contribution in [0, 0.1) is 19.7 Å². The van der Waals surface area contributed by atoms with Gasteiger partial charge < -0.3 is 9.64 Å². The molecule has 0 atom stereocenters. The quantitative estimate of drug-likeness (QED) is 0.413. The minimum absolute atomic E-state index is 0. The summed E-state index contributed by atoms with van der Waals surface area (Å²) < 4.78 is 17.0. The van der Waals surface area contributed by atoms with E-state index >= 15 is 0 Å². The number of nitrogens with zero attached hydrogens (tertiary/aromatic N) is 1. The molecule has 32 heavy (non-hydrogen) atoms. The van der Waals surface area contributed by atoms with Crippen molar-refractivity contribution in [1.29, 1.82) is 0 Å². The van der Waals surface area contributed by atoms with Gasteiger partial charge in [-0.2, -0.15) is 0 Å². The number of esters is 1. The number of halogens is 1. The zero-order chi connectivity index (χ0) is 22.5. The molecule has 3 rings (SSSR count). The third-order valence-corrected chi connectivity index (χ3v) is 4.39. The van der Waals surface area contributed by atoms with Crippen molar-refractivity contribution >= 4 is 24.2 Å². The summed E-state index contributed by atoms with van der Waals surface area (Å²) in [5, 5.41) is 0. The summed E-state index contributed by atoms with van der Waals surface area (Å²) in [5.74, 6) is -0.660. The molecule has 0 saturated carbocycles. The minimum Gasteiger partial charge on any atom is -0.466 e. The van der Waals surface area contributed by atoms with E-state index in [1.54, 1.807) is 19.9 Å². The number of aryl methyl sites for hydroxylation is 2. The van der Waals surface area contributed by atoms with E-state index in [0.717, 1.165) is 36.2 Å². The molecule has 0 aliphatic carbocycles. The number of rotatable bonds is 4. The summed E-state index contributed by atoms with van der Waals surface area (Å²) in [7, 11) is 0. The van der Waals surface area contributed by atoms with E-state index in [0.29, 0.717) is 12.9 Å². The second kappa shape index (κ2) is 16.6. The third-order valence-electron chi connectivity index (χ3n) is 4.39. The average Bonchev–Trinajstić information content (AvgIpc) is 3.24. The fraction of sp³-hybridized carbons (Fsp3) is 0.423. The molecule has 1 heterocycles. The van der Waals surface area contributed by atoms with Crippen LogP contribution in [0.4, 0.5) is 10.1 Å². The number of carbonyl (C=O) groups is 3. The summed E-state index contributed by atoms with van der Waals surface area (Å²) in [6.07, 6.45) is 3.94. The van der Waals surface area contributed by atoms with E-state index in [1.165, 1.54) is 37.5 Å². The Bertz CT molecular complexity index is 846. The molecule has 2 aromatic rings. The second-order valence-corrected chi connectivity index (χ2v) is 6.94. The zero-order valence-electron chi connectivity index (χ0n) is 18.1. The zero-order valence-corrected chi connectivity index (χ0v) is 18.1. The first-order valence-electron chi connectivity index (χ1n) is 9.97. The molecule has 0 aromatic heterocycles. The molecular formula is C26H38FNO4. The topological polar surface area (TPSA) is 63.7 Å². The standard InChI is InChI=1S/C12H15NO.C8H7FO.C4H8O2.2CH4/c1-10-4-5-11(9-14)12(8-10)13-6-2-3-7-13;1-6-2-3-7(5-10)8(9)4-6;1-3-6-4(2)5;;/h4-5,8-9H,2-3,6-7H2,1H3;2-5H,1H3;3H2,1-2H3;2*1H4. The predicted octanol–water partition coefficient (Wildman–Crippen LogP) is 6.20. The molecule has 0 spiro atoms. The monoisotopic (exact) mass is 447 g/mol. The Hall–Kier alpha value is -3.02. The maximum atomic E-state index is 12.6. The minimum atomic E-state index is -0.449. The van der Waals surface area contributed by atoms with Crippen LogP contribution >= 0.6 is 0 Å². The van der Waals surface area contributed by atoms with E-state index in [2.05, 4.69) is 22.6 Å². The fourth-order valence-corrected chi connectivity index (χ4v) is 2.92.